The highest BCUT2D eigenvalue weighted by Gasteiger charge is 2.04. The largest absolute Gasteiger partial charge is 0.489 e. The maximum Gasteiger partial charge on any atom is 0.141 e. The van der Waals surface area contributed by atoms with Gasteiger partial charge in [0, 0.05) is 11.8 Å². The highest BCUT2D eigenvalue weighted by Crippen LogP contribution is 2.20. The molecule has 1 N–H and O–H groups in total. The van der Waals surface area contributed by atoms with Crippen molar-refractivity contribution >= 4 is 0 Å². The molecule has 1 atom stereocenters. The van der Waals surface area contributed by atoms with E-state index >= 15 is 0 Å². The number of aliphatic hydroxyl groups excluding tert-OH is 1. The quantitative estimate of drug-likeness (QED) is 0.898. The molecule has 0 fully saturated rings. The molecule has 0 bridgehead atoms. The molecule has 4 heteroatoms. The first-order chi connectivity index (χ1) is 9.19. The van der Waals surface area contributed by atoms with Gasteiger partial charge in [-0.2, -0.15) is 0 Å². The number of rotatable bonds is 5. The molecule has 1 aromatic carbocycles. The number of ether oxygens (including phenoxy) is 1. The summed E-state index contributed by atoms with van der Waals surface area (Å²) < 4.78 is 18.5. The molecule has 2 aromatic rings. The first-order valence-corrected chi connectivity index (χ1v) is 6.19. The molecular weight excluding hydrogens is 245 g/mol. The summed E-state index contributed by atoms with van der Waals surface area (Å²) in [6.45, 7) is 2.19. The van der Waals surface area contributed by atoms with Crippen LogP contribution in [-0.4, -0.2) is 10.1 Å². The van der Waals surface area contributed by atoms with Gasteiger partial charge in [0.25, 0.3) is 0 Å². The fraction of sp³-hybridized carbons (Fsp3) is 0.267. The predicted molar refractivity (Wildman–Crippen MR) is 70.2 cm³/mol. The summed E-state index contributed by atoms with van der Waals surface area (Å²) in [6.07, 6.45) is 2.96. The Morgan fingerprint density at radius 2 is 2.00 bits per heavy atom. The molecule has 19 heavy (non-hydrogen) atoms. The average molecular weight is 261 g/mol. The van der Waals surface area contributed by atoms with Crippen molar-refractivity contribution in [2.45, 2.75) is 26.1 Å². The number of hydrogen-bond acceptors (Lipinski definition) is 3. The monoisotopic (exact) mass is 261 g/mol. The maximum absolute atomic E-state index is 12.9. The van der Waals surface area contributed by atoms with Crippen molar-refractivity contribution in [1.29, 1.82) is 0 Å². The molecule has 1 unspecified atom stereocenters. The van der Waals surface area contributed by atoms with Crippen LogP contribution < -0.4 is 4.74 Å². The van der Waals surface area contributed by atoms with Crippen LogP contribution in [-0.2, 0) is 6.61 Å². The van der Waals surface area contributed by atoms with Crippen molar-refractivity contribution in [3.8, 4) is 5.75 Å². The number of aliphatic hydroxyl groups is 1. The lowest BCUT2D eigenvalue weighted by atomic mass is 10.1. The van der Waals surface area contributed by atoms with Crippen molar-refractivity contribution in [2.24, 2.45) is 0 Å². The highest BCUT2D eigenvalue weighted by molar-refractivity contribution is 5.28. The predicted octanol–water partition coefficient (Wildman–Crippen LogP) is 3.24. The lowest BCUT2D eigenvalue weighted by Gasteiger charge is -2.10. The molecule has 0 saturated heterocycles. The second kappa shape index (κ2) is 6.29. The van der Waals surface area contributed by atoms with Crippen LogP contribution in [0.1, 0.15) is 30.6 Å². The Balaban J connectivity index is 1.96. The van der Waals surface area contributed by atoms with Gasteiger partial charge in [-0.15, -0.1) is 0 Å². The van der Waals surface area contributed by atoms with Crippen LogP contribution in [0.5, 0.6) is 5.75 Å². The maximum atomic E-state index is 12.9. The van der Waals surface area contributed by atoms with Crippen molar-refractivity contribution in [3.63, 3.8) is 0 Å². The van der Waals surface area contributed by atoms with E-state index in [-0.39, 0.29) is 12.4 Å². The molecule has 0 aliphatic rings. The molecular formula is C15H16FNO2. The summed E-state index contributed by atoms with van der Waals surface area (Å²) in [5, 5.41) is 9.67. The smallest absolute Gasteiger partial charge is 0.141 e. The van der Waals surface area contributed by atoms with Crippen LogP contribution in [0.2, 0.25) is 0 Å². The minimum absolute atomic E-state index is 0.264. The van der Waals surface area contributed by atoms with Crippen molar-refractivity contribution in [2.75, 3.05) is 0 Å². The molecule has 1 aromatic heterocycles. The Labute approximate surface area is 111 Å². The van der Waals surface area contributed by atoms with Crippen molar-refractivity contribution in [3.05, 3.63) is 59.7 Å². The third kappa shape index (κ3) is 3.76. The van der Waals surface area contributed by atoms with Crippen LogP contribution in [0.15, 0.2) is 42.7 Å². The topological polar surface area (TPSA) is 42.4 Å². The van der Waals surface area contributed by atoms with E-state index in [4.69, 9.17) is 4.74 Å². The van der Waals surface area contributed by atoms with E-state index in [0.29, 0.717) is 17.7 Å². The van der Waals surface area contributed by atoms with Crippen LogP contribution in [0.25, 0.3) is 0 Å². The second-order valence-electron chi connectivity index (χ2n) is 4.29. The van der Waals surface area contributed by atoms with Gasteiger partial charge in [0.15, 0.2) is 0 Å². The normalized spacial score (nSPS) is 12.2. The van der Waals surface area contributed by atoms with E-state index in [2.05, 4.69) is 4.98 Å². The van der Waals surface area contributed by atoms with Crippen LogP contribution >= 0.6 is 0 Å². The molecule has 0 amide bonds. The van der Waals surface area contributed by atoms with Gasteiger partial charge in [-0.25, -0.2) is 4.39 Å². The Morgan fingerprint density at radius 3 is 2.63 bits per heavy atom. The Bertz CT molecular complexity index is 528. The van der Waals surface area contributed by atoms with Crippen molar-refractivity contribution in [1.82, 2.24) is 4.98 Å². The number of aromatic nitrogens is 1. The molecule has 3 nitrogen and oxygen atoms in total. The number of nitrogens with zero attached hydrogens (tertiary/aromatic N) is 1. The number of hydrogen-bond donors (Lipinski definition) is 1. The standard InChI is InChI=1S/C15H16FNO2/c1-2-15(18)12-3-5-14(6-4-12)19-10-11-7-13(16)9-17-8-11/h3-9,15,18H,2,10H2,1H3. The third-order valence-corrected chi connectivity index (χ3v) is 2.82. The fourth-order valence-corrected chi connectivity index (χ4v) is 1.72. The zero-order valence-electron chi connectivity index (χ0n) is 10.7. The number of benzene rings is 1. The zero-order chi connectivity index (χ0) is 13.7. The molecule has 1 heterocycles. The van der Waals surface area contributed by atoms with Gasteiger partial charge in [-0.05, 0) is 30.2 Å². The van der Waals surface area contributed by atoms with E-state index in [0.717, 1.165) is 11.8 Å². The summed E-state index contributed by atoms with van der Waals surface area (Å²) >= 11 is 0. The van der Waals surface area contributed by atoms with E-state index < -0.39 is 6.10 Å². The minimum Gasteiger partial charge on any atom is -0.489 e. The van der Waals surface area contributed by atoms with Crippen molar-refractivity contribution < 1.29 is 14.2 Å². The summed E-state index contributed by atoms with van der Waals surface area (Å²) in [5.74, 6) is 0.304. The second-order valence-corrected chi connectivity index (χ2v) is 4.29. The first kappa shape index (κ1) is 13.5. The highest BCUT2D eigenvalue weighted by atomic mass is 19.1. The van der Waals surface area contributed by atoms with Gasteiger partial charge in [0.1, 0.15) is 18.2 Å². The summed E-state index contributed by atoms with van der Waals surface area (Å²) in [6, 6.07) is 8.63. The van der Waals surface area contributed by atoms with E-state index in [1.807, 2.05) is 19.1 Å². The minimum atomic E-state index is -0.443. The van der Waals surface area contributed by atoms with Gasteiger partial charge in [-0.3, -0.25) is 4.98 Å². The Hall–Kier alpha value is -1.94. The van der Waals surface area contributed by atoms with E-state index in [1.54, 1.807) is 18.3 Å². The SMILES string of the molecule is CCC(O)c1ccc(OCc2cncc(F)c2)cc1. The van der Waals surface area contributed by atoms with Crippen LogP contribution in [0.4, 0.5) is 4.39 Å². The summed E-state index contributed by atoms with van der Waals surface area (Å²) in [5.41, 5.74) is 1.54. The third-order valence-electron chi connectivity index (χ3n) is 2.82. The average Bonchev–Trinajstić information content (AvgIpc) is 2.45. The summed E-state index contributed by atoms with van der Waals surface area (Å²) in [7, 11) is 0. The van der Waals surface area contributed by atoms with E-state index in [9.17, 15) is 9.50 Å². The van der Waals surface area contributed by atoms with E-state index in [1.165, 1.54) is 6.07 Å². The van der Waals surface area contributed by atoms with Crippen LogP contribution in [0.3, 0.4) is 0 Å². The molecule has 0 radical (unpaired) electrons. The number of halogens is 1. The first-order valence-electron chi connectivity index (χ1n) is 6.19. The van der Waals surface area contributed by atoms with Gasteiger partial charge in [0.05, 0.1) is 12.3 Å². The molecule has 100 valence electrons. The zero-order valence-corrected chi connectivity index (χ0v) is 10.7. The van der Waals surface area contributed by atoms with Gasteiger partial charge in [-0.1, -0.05) is 19.1 Å². The summed E-state index contributed by atoms with van der Waals surface area (Å²) in [4.78, 5) is 3.76. The molecule has 0 saturated carbocycles. The Kier molecular flexibility index (Phi) is 4.47. The molecule has 0 aliphatic carbocycles. The molecule has 0 aliphatic heterocycles. The lowest BCUT2D eigenvalue weighted by molar-refractivity contribution is 0.173. The van der Waals surface area contributed by atoms with Gasteiger partial charge in [0.2, 0.25) is 0 Å². The van der Waals surface area contributed by atoms with Crippen LogP contribution in [0, 0.1) is 5.82 Å². The Morgan fingerprint density at radius 1 is 1.26 bits per heavy atom. The lowest BCUT2D eigenvalue weighted by Crippen LogP contribution is -1.98. The molecule has 2 rings (SSSR count). The van der Waals surface area contributed by atoms with Gasteiger partial charge >= 0.3 is 0 Å². The number of pyridine rings is 1. The van der Waals surface area contributed by atoms with Gasteiger partial charge < -0.3 is 9.84 Å². The fourth-order valence-electron chi connectivity index (χ4n) is 1.72. The molecule has 0 spiro atoms.